The average molecular weight is 549 g/mol. The highest BCUT2D eigenvalue weighted by Gasteiger charge is 2.46. The second-order valence-corrected chi connectivity index (χ2v) is 9.83. The number of amides is 1. The molecule has 0 saturated carbocycles. The van der Waals surface area contributed by atoms with Crippen molar-refractivity contribution in [1.82, 2.24) is 4.98 Å². The highest BCUT2D eigenvalue weighted by Crippen LogP contribution is 2.46. The van der Waals surface area contributed by atoms with E-state index in [1.807, 2.05) is 13.0 Å². The fourth-order valence-electron chi connectivity index (χ4n) is 4.42. The van der Waals surface area contributed by atoms with E-state index in [0.29, 0.717) is 46.7 Å². The number of rotatable bonds is 11. The van der Waals surface area contributed by atoms with Gasteiger partial charge in [0.15, 0.2) is 28.1 Å². The molecule has 4 aromatic rings. The number of furan rings is 1. The number of aromatic nitrogens is 1. The van der Waals surface area contributed by atoms with Gasteiger partial charge in [0, 0.05) is 0 Å². The van der Waals surface area contributed by atoms with Crippen LogP contribution in [0.25, 0.3) is 10.2 Å². The van der Waals surface area contributed by atoms with Crippen LogP contribution in [0.1, 0.15) is 48.8 Å². The number of ketones is 1. The first-order valence-corrected chi connectivity index (χ1v) is 13.5. The van der Waals surface area contributed by atoms with Crippen molar-refractivity contribution in [2.45, 2.75) is 32.7 Å². The van der Waals surface area contributed by atoms with Crippen LogP contribution in [0.4, 0.5) is 5.13 Å². The van der Waals surface area contributed by atoms with Gasteiger partial charge >= 0.3 is 0 Å². The molecular weight excluding hydrogens is 520 g/mol. The molecule has 2 aromatic carbocycles. The molecule has 1 unspecified atom stereocenters. The smallest absolute Gasteiger partial charge is 0.296 e. The Bertz CT molecular complexity index is 1540. The molecule has 1 aliphatic rings. The van der Waals surface area contributed by atoms with E-state index in [2.05, 4.69) is 11.9 Å². The molecule has 1 N–H and O–H groups in total. The third kappa shape index (κ3) is 4.95. The Morgan fingerprint density at radius 2 is 1.97 bits per heavy atom. The van der Waals surface area contributed by atoms with Gasteiger partial charge in [-0.3, -0.25) is 14.5 Å². The summed E-state index contributed by atoms with van der Waals surface area (Å²) in [5.74, 6) is -0.289. The summed E-state index contributed by atoms with van der Waals surface area (Å²) in [7, 11) is 1.57. The second kappa shape index (κ2) is 11.2. The van der Waals surface area contributed by atoms with Gasteiger partial charge in [-0.1, -0.05) is 30.7 Å². The highest BCUT2D eigenvalue weighted by atomic mass is 32.1. The number of anilines is 1. The summed E-state index contributed by atoms with van der Waals surface area (Å²) in [6.07, 6.45) is 3.24. The van der Waals surface area contributed by atoms with Crippen LogP contribution >= 0.6 is 11.3 Å². The number of carbonyl (C=O) groups excluding carboxylic acids is 2. The van der Waals surface area contributed by atoms with Crippen molar-refractivity contribution >= 4 is 38.4 Å². The third-order valence-corrected chi connectivity index (χ3v) is 7.34. The molecule has 1 amide bonds. The molecule has 1 atom stereocenters. The Morgan fingerprint density at radius 1 is 1.13 bits per heavy atom. The lowest BCUT2D eigenvalue weighted by Crippen LogP contribution is -2.31. The first kappa shape index (κ1) is 26.3. The molecule has 0 fully saturated rings. The number of ether oxygens (including phenoxy) is 3. The molecule has 1 aliphatic heterocycles. The van der Waals surface area contributed by atoms with Crippen molar-refractivity contribution in [1.29, 1.82) is 0 Å². The zero-order valence-corrected chi connectivity index (χ0v) is 22.6. The number of unbranched alkanes of at least 4 members (excludes halogenated alkanes) is 1. The Morgan fingerprint density at radius 3 is 2.69 bits per heavy atom. The van der Waals surface area contributed by atoms with Gasteiger partial charge in [0.1, 0.15) is 5.75 Å². The Kier molecular flexibility index (Phi) is 7.56. The number of methoxy groups -OCH3 is 1. The van der Waals surface area contributed by atoms with Crippen molar-refractivity contribution < 1.29 is 33.3 Å². The molecular formula is C29H28N2O7S. The molecule has 39 heavy (non-hydrogen) atoms. The molecule has 0 saturated heterocycles. The molecule has 3 heterocycles. The van der Waals surface area contributed by atoms with Gasteiger partial charge in [0.25, 0.3) is 5.91 Å². The summed E-state index contributed by atoms with van der Waals surface area (Å²) in [5.41, 5.74) is 1.10. The van der Waals surface area contributed by atoms with Gasteiger partial charge in [0.05, 0.1) is 48.4 Å². The lowest BCUT2D eigenvalue weighted by atomic mass is 9.95. The quantitative estimate of drug-likeness (QED) is 0.173. The molecule has 0 radical (unpaired) electrons. The van der Waals surface area contributed by atoms with Crippen LogP contribution in [0, 0.1) is 0 Å². The van der Waals surface area contributed by atoms with Crippen LogP contribution in [0.5, 0.6) is 17.2 Å². The summed E-state index contributed by atoms with van der Waals surface area (Å²) >= 11 is 1.26. The van der Waals surface area contributed by atoms with Crippen LogP contribution < -0.4 is 19.1 Å². The predicted molar refractivity (Wildman–Crippen MR) is 147 cm³/mol. The lowest BCUT2D eigenvalue weighted by molar-refractivity contribution is -0.117. The standard InChI is InChI=1S/C29H28N2O7S/c1-4-6-13-37-20-12-9-17(15-22(20)36-5-2)25-24(26(32)21-8-7-14-38-21)27(33)28(34)31(25)29-30-19-11-10-18(35-3)16-23(19)39-29/h7-12,14-16,25,33H,4-6,13H2,1-3H3. The van der Waals surface area contributed by atoms with E-state index in [1.54, 1.807) is 43.5 Å². The first-order chi connectivity index (χ1) is 19.0. The topological polar surface area (TPSA) is 111 Å². The number of fused-ring (bicyclic) bond motifs is 1. The van der Waals surface area contributed by atoms with E-state index in [4.69, 9.17) is 18.6 Å². The van der Waals surface area contributed by atoms with E-state index in [1.165, 1.54) is 28.6 Å². The van der Waals surface area contributed by atoms with Crippen molar-refractivity contribution in [3.63, 3.8) is 0 Å². The third-order valence-electron chi connectivity index (χ3n) is 6.33. The summed E-state index contributed by atoms with van der Waals surface area (Å²) in [6.45, 7) is 4.86. The first-order valence-electron chi connectivity index (χ1n) is 12.7. The molecule has 202 valence electrons. The number of hydrogen-bond acceptors (Lipinski definition) is 9. The molecule has 10 heteroatoms. The van der Waals surface area contributed by atoms with E-state index in [9.17, 15) is 14.7 Å². The van der Waals surface area contributed by atoms with E-state index >= 15 is 0 Å². The minimum absolute atomic E-state index is 0.00906. The minimum atomic E-state index is -0.985. The molecule has 5 rings (SSSR count). The van der Waals surface area contributed by atoms with Crippen LogP contribution in [0.15, 0.2) is 70.5 Å². The monoisotopic (exact) mass is 548 g/mol. The Balaban J connectivity index is 1.64. The maximum atomic E-state index is 13.6. The van der Waals surface area contributed by atoms with Gasteiger partial charge in [-0.2, -0.15) is 0 Å². The fraction of sp³-hybridized carbons (Fsp3) is 0.276. The summed E-state index contributed by atoms with van der Waals surface area (Å²) in [5, 5.41) is 11.4. The van der Waals surface area contributed by atoms with Crippen molar-refractivity contribution in [2.24, 2.45) is 0 Å². The highest BCUT2D eigenvalue weighted by molar-refractivity contribution is 7.22. The minimum Gasteiger partial charge on any atom is -0.503 e. The van der Waals surface area contributed by atoms with E-state index < -0.39 is 23.5 Å². The summed E-state index contributed by atoms with van der Waals surface area (Å²) in [4.78, 5) is 33.1. The summed E-state index contributed by atoms with van der Waals surface area (Å²) < 4.78 is 23.2. The lowest BCUT2D eigenvalue weighted by Gasteiger charge is -2.25. The van der Waals surface area contributed by atoms with E-state index in [-0.39, 0.29) is 11.3 Å². The maximum Gasteiger partial charge on any atom is 0.296 e. The van der Waals surface area contributed by atoms with Gasteiger partial charge in [-0.15, -0.1) is 0 Å². The molecule has 0 bridgehead atoms. The molecule has 0 aliphatic carbocycles. The maximum absolute atomic E-state index is 13.6. The molecule has 9 nitrogen and oxygen atoms in total. The van der Waals surface area contributed by atoms with E-state index in [0.717, 1.165) is 17.5 Å². The number of Topliss-reactive ketones (excluding diaryl/α,β-unsaturated/α-hetero) is 1. The number of aliphatic hydroxyl groups excluding tert-OH is 1. The largest absolute Gasteiger partial charge is 0.503 e. The normalized spacial score (nSPS) is 15.3. The predicted octanol–water partition coefficient (Wildman–Crippen LogP) is 6.26. The van der Waals surface area contributed by atoms with Gasteiger partial charge < -0.3 is 23.7 Å². The van der Waals surface area contributed by atoms with Crippen LogP contribution in [-0.2, 0) is 4.79 Å². The molecule has 0 spiro atoms. The zero-order chi connectivity index (χ0) is 27.5. The van der Waals surface area contributed by atoms with Crippen LogP contribution in [0.2, 0.25) is 0 Å². The zero-order valence-electron chi connectivity index (χ0n) is 21.8. The fourth-order valence-corrected chi connectivity index (χ4v) is 5.44. The second-order valence-electron chi connectivity index (χ2n) is 8.82. The van der Waals surface area contributed by atoms with Gasteiger partial charge in [0.2, 0.25) is 5.78 Å². The Hall–Kier alpha value is -4.31. The number of nitrogens with zero attached hydrogens (tertiary/aromatic N) is 2. The Labute approximate surface area is 229 Å². The average Bonchev–Trinajstić information content (AvgIpc) is 3.68. The molecule has 2 aromatic heterocycles. The van der Waals surface area contributed by atoms with Crippen LogP contribution in [0.3, 0.4) is 0 Å². The van der Waals surface area contributed by atoms with Gasteiger partial charge in [-0.05, 0) is 61.4 Å². The number of carbonyl (C=O) groups is 2. The summed E-state index contributed by atoms with van der Waals surface area (Å²) in [6, 6.07) is 12.7. The number of aliphatic hydroxyl groups is 1. The number of hydrogen-bond donors (Lipinski definition) is 1. The van der Waals surface area contributed by atoms with Crippen molar-refractivity contribution in [3.05, 3.63) is 77.5 Å². The number of thiazole rings is 1. The SMILES string of the molecule is CCCCOc1ccc(C2C(C(=O)c3ccco3)=C(O)C(=O)N2c2nc3ccc(OC)cc3s2)cc1OCC. The van der Waals surface area contributed by atoms with Crippen LogP contribution in [-0.4, -0.2) is 42.1 Å². The van der Waals surface area contributed by atoms with Crippen molar-refractivity contribution in [2.75, 3.05) is 25.2 Å². The van der Waals surface area contributed by atoms with Gasteiger partial charge in [-0.25, -0.2) is 4.98 Å². The number of benzene rings is 2. The van der Waals surface area contributed by atoms with Crippen molar-refractivity contribution in [3.8, 4) is 17.2 Å².